The fraction of sp³-hybridized carbons (Fsp3) is 0.375. The number of anilines is 2. The number of carbonyl (C=O) groups excluding carboxylic acids is 1. The van der Waals surface area contributed by atoms with E-state index in [2.05, 4.69) is 20.5 Å². The number of hydrogen-bond acceptors (Lipinski definition) is 5. The molecule has 1 fully saturated rings. The van der Waals surface area contributed by atoms with E-state index in [0.29, 0.717) is 17.9 Å². The highest BCUT2D eigenvalue weighted by atomic mass is 32.2. The van der Waals surface area contributed by atoms with Crippen molar-refractivity contribution in [3.8, 4) is 0 Å². The van der Waals surface area contributed by atoms with Crippen LogP contribution in [0.25, 0.3) is 0 Å². The first-order chi connectivity index (χ1) is 11.8. The Kier molecular flexibility index (Phi) is 4.78. The summed E-state index contributed by atoms with van der Waals surface area (Å²) in [6.07, 6.45) is 4.80. The number of hydrogen-bond donors (Lipinski definition) is 3. The molecule has 2 aromatic rings. The van der Waals surface area contributed by atoms with Gasteiger partial charge in [-0.3, -0.25) is 14.2 Å². The molecular formula is C16H21N5O3S. The number of rotatable bonds is 5. The number of nitrogens with zero attached hydrogens (tertiary/aromatic N) is 2. The van der Waals surface area contributed by atoms with E-state index in [-0.39, 0.29) is 17.7 Å². The van der Waals surface area contributed by atoms with Crippen molar-refractivity contribution >= 4 is 27.3 Å². The van der Waals surface area contributed by atoms with Gasteiger partial charge in [-0.2, -0.15) is 5.10 Å². The summed E-state index contributed by atoms with van der Waals surface area (Å²) in [5, 5.41) is 10.3. The molecule has 0 spiro atoms. The van der Waals surface area contributed by atoms with Gasteiger partial charge >= 0.3 is 0 Å². The molecule has 9 heteroatoms. The maximum atomic E-state index is 12.7. The molecule has 3 rings (SSSR count). The van der Waals surface area contributed by atoms with E-state index in [0.717, 1.165) is 18.4 Å². The fourth-order valence-electron chi connectivity index (χ4n) is 3.05. The zero-order chi connectivity index (χ0) is 18.0. The lowest BCUT2D eigenvalue weighted by atomic mass is 9.90. The second-order valence-corrected chi connectivity index (χ2v) is 8.01. The molecule has 1 aliphatic heterocycles. The van der Waals surface area contributed by atoms with E-state index >= 15 is 0 Å². The lowest BCUT2D eigenvalue weighted by Gasteiger charge is -2.17. The molecule has 25 heavy (non-hydrogen) atoms. The molecule has 0 unspecified atom stereocenters. The topological polar surface area (TPSA) is 105 Å². The quantitative estimate of drug-likeness (QED) is 0.726. The van der Waals surface area contributed by atoms with Crippen molar-refractivity contribution in [3.63, 3.8) is 0 Å². The Labute approximate surface area is 146 Å². The van der Waals surface area contributed by atoms with Crippen molar-refractivity contribution < 1.29 is 13.2 Å². The highest BCUT2D eigenvalue weighted by Crippen LogP contribution is 2.29. The predicted molar refractivity (Wildman–Crippen MR) is 95.8 cm³/mol. The van der Waals surface area contributed by atoms with E-state index < -0.39 is 10.0 Å². The van der Waals surface area contributed by atoms with Gasteiger partial charge in [0.05, 0.1) is 24.1 Å². The number of nitrogens with one attached hydrogen (secondary N) is 3. The summed E-state index contributed by atoms with van der Waals surface area (Å²) in [5.74, 6) is -0.253. The number of sulfonamides is 1. The van der Waals surface area contributed by atoms with Gasteiger partial charge in [-0.05, 0) is 23.8 Å². The summed E-state index contributed by atoms with van der Waals surface area (Å²) in [6.45, 7) is 1.31. The maximum absolute atomic E-state index is 12.7. The average molecular weight is 363 g/mol. The molecule has 1 saturated heterocycles. The van der Waals surface area contributed by atoms with Crippen LogP contribution in [-0.4, -0.2) is 43.5 Å². The minimum atomic E-state index is -3.36. The Balaban J connectivity index is 1.72. The summed E-state index contributed by atoms with van der Waals surface area (Å²) in [7, 11) is -1.51. The van der Waals surface area contributed by atoms with Crippen molar-refractivity contribution in [2.45, 2.75) is 5.92 Å². The SMILES string of the molecule is Cn1cc([C@H]2CNC[C@@H]2C(=O)Nc2cccc(NS(C)(=O)=O)c2)cn1. The molecule has 0 radical (unpaired) electrons. The molecule has 2 heterocycles. The molecule has 134 valence electrons. The van der Waals surface area contributed by atoms with E-state index in [1.54, 1.807) is 35.1 Å². The minimum Gasteiger partial charge on any atom is -0.326 e. The monoisotopic (exact) mass is 363 g/mol. The van der Waals surface area contributed by atoms with Crippen LogP contribution in [0.15, 0.2) is 36.7 Å². The molecule has 0 aliphatic carbocycles. The lowest BCUT2D eigenvalue weighted by Crippen LogP contribution is -2.28. The van der Waals surface area contributed by atoms with Gasteiger partial charge in [0, 0.05) is 37.9 Å². The molecule has 3 N–H and O–H groups in total. The maximum Gasteiger partial charge on any atom is 0.229 e. The van der Waals surface area contributed by atoms with Gasteiger partial charge in [-0.1, -0.05) is 6.07 Å². The van der Waals surface area contributed by atoms with Crippen LogP contribution in [0.4, 0.5) is 11.4 Å². The van der Waals surface area contributed by atoms with Crippen molar-refractivity contribution in [2.24, 2.45) is 13.0 Å². The lowest BCUT2D eigenvalue weighted by molar-refractivity contribution is -0.119. The van der Waals surface area contributed by atoms with Crippen LogP contribution in [0.3, 0.4) is 0 Å². The standard InChI is InChI=1S/C16H21N5O3S/c1-21-10-11(7-18-21)14-8-17-9-15(14)16(22)19-12-4-3-5-13(6-12)20-25(2,23)24/h3-7,10,14-15,17,20H,8-9H2,1-2H3,(H,19,22)/t14-,15+/m1/s1. The third-order valence-electron chi connectivity index (χ3n) is 4.14. The first kappa shape index (κ1) is 17.4. The number of carbonyl (C=O) groups is 1. The van der Waals surface area contributed by atoms with Crippen LogP contribution in [0.5, 0.6) is 0 Å². The Morgan fingerprint density at radius 3 is 2.76 bits per heavy atom. The Morgan fingerprint density at radius 1 is 1.32 bits per heavy atom. The Morgan fingerprint density at radius 2 is 2.08 bits per heavy atom. The smallest absolute Gasteiger partial charge is 0.229 e. The van der Waals surface area contributed by atoms with Crippen LogP contribution in [0.2, 0.25) is 0 Å². The molecule has 2 atom stereocenters. The van der Waals surface area contributed by atoms with Gasteiger partial charge < -0.3 is 10.6 Å². The van der Waals surface area contributed by atoms with Crippen LogP contribution in [0.1, 0.15) is 11.5 Å². The summed E-state index contributed by atoms with van der Waals surface area (Å²) in [5.41, 5.74) is 1.99. The van der Waals surface area contributed by atoms with Crippen LogP contribution in [-0.2, 0) is 21.9 Å². The van der Waals surface area contributed by atoms with Crippen molar-refractivity contribution in [3.05, 3.63) is 42.2 Å². The van der Waals surface area contributed by atoms with Gasteiger partial charge in [-0.25, -0.2) is 8.42 Å². The van der Waals surface area contributed by atoms with Gasteiger partial charge in [-0.15, -0.1) is 0 Å². The van der Waals surface area contributed by atoms with Crippen LogP contribution in [0, 0.1) is 5.92 Å². The molecule has 1 amide bonds. The molecular weight excluding hydrogens is 342 g/mol. The minimum absolute atomic E-state index is 0.0611. The molecule has 1 aromatic carbocycles. The van der Waals surface area contributed by atoms with Gasteiger partial charge in [0.15, 0.2) is 0 Å². The summed E-state index contributed by atoms with van der Waals surface area (Å²) < 4.78 is 26.8. The summed E-state index contributed by atoms with van der Waals surface area (Å²) in [4.78, 5) is 12.7. The first-order valence-electron chi connectivity index (χ1n) is 7.90. The number of aryl methyl sites for hydroxylation is 1. The first-order valence-corrected chi connectivity index (χ1v) is 9.79. The van der Waals surface area contributed by atoms with Crippen molar-refractivity contribution in [2.75, 3.05) is 29.4 Å². The van der Waals surface area contributed by atoms with Crippen molar-refractivity contribution in [1.29, 1.82) is 0 Å². The average Bonchev–Trinajstić information content (AvgIpc) is 3.14. The second kappa shape index (κ2) is 6.85. The fourth-order valence-corrected chi connectivity index (χ4v) is 3.60. The molecule has 0 bridgehead atoms. The zero-order valence-electron chi connectivity index (χ0n) is 14.1. The highest BCUT2D eigenvalue weighted by Gasteiger charge is 2.34. The third kappa shape index (κ3) is 4.37. The second-order valence-electron chi connectivity index (χ2n) is 6.26. The third-order valence-corrected chi connectivity index (χ3v) is 4.74. The van der Waals surface area contributed by atoms with Crippen LogP contribution < -0.4 is 15.4 Å². The largest absolute Gasteiger partial charge is 0.326 e. The van der Waals surface area contributed by atoms with E-state index in [9.17, 15) is 13.2 Å². The van der Waals surface area contributed by atoms with E-state index in [1.165, 1.54) is 0 Å². The summed E-state index contributed by atoms with van der Waals surface area (Å²) in [6, 6.07) is 6.65. The number of benzene rings is 1. The van der Waals surface area contributed by atoms with Crippen LogP contribution >= 0.6 is 0 Å². The highest BCUT2D eigenvalue weighted by molar-refractivity contribution is 7.92. The number of amides is 1. The van der Waals surface area contributed by atoms with E-state index in [1.807, 2.05) is 13.2 Å². The molecule has 0 saturated carbocycles. The van der Waals surface area contributed by atoms with Crippen molar-refractivity contribution in [1.82, 2.24) is 15.1 Å². The van der Waals surface area contributed by atoms with Gasteiger partial charge in [0.1, 0.15) is 0 Å². The molecule has 1 aromatic heterocycles. The Hall–Kier alpha value is -2.39. The van der Waals surface area contributed by atoms with Gasteiger partial charge in [0.2, 0.25) is 15.9 Å². The Bertz CT molecular complexity index is 877. The summed E-state index contributed by atoms with van der Waals surface area (Å²) >= 11 is 0. The molecule has 8 nitrogen and oxygen atoms in total. The predicted octanol–water partition coefficient (Wildman–Crippen LogP) is 0.733. The normalized spacial score (nSPS) is 20.4. The van der Waals surface area contributed by atoms with Gasteiger partial charge in [0.25, 0.3) is 0 Å². The number of aromatic nitrogens is 2. The van der Waals surface area contributed by atoms with E-state index in [4.69, 9.17) is 0 Å². The molecule has 1 aliphatic rings. The zero-order valence-corrected chi connectivity index (χ0v) is 14.9.